The van der Waals surface area contributed by atoms with Gasteiger partial charge in [-0.3, -0.25) is 0 Å². The second-order valence-corrected chi connectivity index (χ2v) is 5.41. The highest BCUT2D eigenvalue weighted by molar-refractivity contribution is 5.74. The number of hydrogen-bond donors (Lipinski definition) is 3. The van der Waals surface area contributed by atoms with Crippen LogP contribution in [0.4, 0.5) is 4.79 Å². The summed E-state index contributed by atoms with van der Waals surface area (Å²) in [6, 6.07) is 9.67. The summed E-state index contributed by atoms with van der Waals surface area (Å²) in [4.78, 5) is 11.9. The Balaban J connectivity index is 2.50. The molecule has 2 amide bonds. The number of rotatable bonds is 8. The van der Waals surface area contributed by atoms with Crippen molar-refractivity contribution in [2.45, 2.75) is 39.2 Å². The molecule has 1 aromatic rings. The van der Waals surface area contributed by atoms with Gasteiger partial charge in [-0.1, -0.05) is 44.2 Å². The van der Waals surface area contributed by atoms with Gasteiger partial charge in [0.2, 0.25) is 0 Å². The van der Waals surface area contributed by atoms with Gasteiger partial charge in [0.05, 0.1) is 6.04 Å². The number of aliphatic hydroxyl groups excluding tert-OH is 1. The third kappa shape index (κ3) is 6.57. The zero-order valence-electron chi connectivity index (χ0n) is 12.4. The minimum atomic E-state index is -0.141. The van der Waals surface area contributed by atoms with E-state index in [9.17, 15) is 4.79 Å². The third-order valence-corrected chi connectivity index (χ3v) is 3.17. The lowest BCUT2D eigenvalue weighted by molar-refractivity contribution is 0.232. The molecule has 0 aliphatic carbocycles. The van der Waals surface area contributed by atoms with Gasteiger partial charge in [-0.25, -0.2) is 4.79 Å². The van der Waals surface area contributed by atoms with E-state index < -0.39 is 0 Å². The van der Waals surface area contributed by atoms with Crippen LogP contribution in [-0.4, -0.2) is 24.3 Å². The molecule has 0 spiro atoms. The lowest BCUT2D eigenvalue weighted by atomic mass is 10.0. The number of urea groups is 1. The highest BCUT2D eigenvalue weighted by atomic mass is 16.3. The Morgan fingerprint density at radius 1 is 1.20 bits per heavy atom. The van der Waals surface area contributed by atoms with Crippen LogP contribution >= 0.6 is 0 Å². The summed E-state index contributed by atoms with van der Waals surface area (Å²) >= 11 is 0. The zero-order valence-corrected chi connectivity index (χ0v) is 12.4. The van der Waals surface area contributed by atoms with E-state index in [1.165, 1.54) is 0 Å². The highest BCUT2D eigenvalue weighted by Crippen LogP contribution is 2.17. The SMILES string of the molecule is CC(C)CCNC(=O)NC(CCCO)c1ccccc1. The van der Waals surface area contributed by atoms with Crippen LogP contribution in [0.3, 0.4) is 0 Å². The van der Waals surface area contributed by atoms with Gasteiger partial charge >= 0.3 is 6.03 Å². The molecule has 0 heterocycles. The summed E-state index contributed by atoms with van der Waals surface area (Å²) in [5, 5.41) is 14.8. The summed E-state index contributed by atoms with van der Waals surface area (Å²) in [5.41, 5.74) is 1.07. The molecule has 20 heavy (non-hydrogen) atoms. The molecule has 4 nitrogen and oxygen atoms in total. The number of amides is 2. The Hall–Kier alpha value is -1.55. The zero-order chi connectivity index (χ0) is 14.8. The van der Waals surface area contributed by atoms with Crippen molar-refractivity contribution in [1.82, 2.24) is 10.6 Å². The Morgan fingerprint density at radius 2 is 1.90 bits per heavy atom. The van der Waals surface area contributed by atoms with Crippen LogP contribution < -0.4 is 10.6 Å². The first-order chi connectivity index (χ1) is 9.63. The van der Waals surface area contributed by atoms with Gasteiger partial charge in [0.1, 0.15) is 0 Å². The second-order valence-electron chi connectivity index (χ2n) is 5.41. The topological polar surface area (TPSA) is 61.4 Å². The molecule has 1 atom stereocenters. The van der Waals surface area contributed by atoms with E-state index in [4.69, 9.17) is 5.11 Å². The standard InChI is InChI=1S/C16H26N2O2/c1-13(2)10-11-17-16(20)18-15(9-6-12-19)14-7-4-3-5-8-14/h3-5,7-8,13,15,19H,6,9-12H2,1-2H3,(H2,17,18,20). The molecule has 0 saturated heterocycles. The lowest BCUT2D eigenvalue weighted by Crippen LogP contribution is -2.38. The van der Waals surface area contributed by atoms with Crippen LogP contribution in [-0.2, 0) is 0 Å². The fourth-order valence-electron chi connectivity index (χ4n) is 1.99. The largest absolute Gasteiger partial charge is 0.396 e. The van der Waals surface area contributed by atoms with Crippen LogP contribution in [0, 0.1) is 5.92 Å². The van der Waals surface area contributed by atoms with Crippen molar-refractivity contribution in [3.8, 4) is 0 Å². The van der Waals surface area contributed by atoms with Crippen LogP contribution in [0.2, 0.25) is 0 Å². The van der Waals surface area contributed by atoms with Crippen molar-refractivity contribution in [2.75, 3.05) is 13.2 Å². The molecule has 1 unspecified atom stereocenters. The number of carbonyl (C=O) groups excluding carboxylic acids is 1. The number of benzene rings is 1. The van der Waals surface area contributed by atoms with Crippen LogP contribution in [0.1, 0.15) is 44.7 Å². The molecule has 0 radical (unpaired) electrons. The quantitative estimate of drug-likeness (QED) is 0.684. The van der Waals surface area contributed by atoms with Crippen LogP contribution in [0.25, 0.3) is 0 Å². The van der Waals surface area contributed by atoms with Crippen LogP contribution in [0.5, 0.6) is 0 Å². The normalized spacial score (nSPS) is 12.2. The fraction of sp³-hybridized carbons (Fsp3) is 0.562. The van der Waals surface area contributed by atoms with Crippen molar-refractivity contribution >= 4 is 6.03 Å². The molecule has 0 aliphatic heterocycles. The average molecular weight is 278 g/mol. The molecule has 1 aromatic carbocycles. The van der Waals surface area contributed by atoms with E-state index in [0.29, 0.717) is 18.9 Å². The van der Waals surface area contributed by atoms with Crippen molar-refractivity contribution in [3.63, 3.8) is 0 Å². The molecule has 1 rings (SSSR count). The third-order valence-electron chi connectivity index (χ3n) is 3.17. The Labute approximate surface area is 121 Å². The fourth-order valence-corrected chi connectivity index (χ4v) is 1.99. The number of carbonyl (C=O) groups is 1. The summed E-state index contributed by atoms with van der Waals surface area (Å²) in [6.45, 7) is 5.09. The van der Waals surface area contributed by atoms with E-state index in [1.807, 2.05) is 30.3 Å². The second kappa shape index (κ2) is 9.37. The molecule has 3 N–H and O–H groups in total. The first kappa shape index (κ1) is 16.5. The Kier molecular flexibility index (Phi) is 7.73. The van der Waals surface area contributed by atoms with E-state index in [0.717, 1.165) is 18.4 Å². The van der Waals surface area contributed by atoms with E-state index in [1.54, 1.807) is 0 Å². The monoisotopic (exact) mass is 278 g/mol. The maximum atomic E-state index is 11.9. The minimum absolute atomic E-state index is 0.0533. The van der Waals surface area contributed by atoms with Crippen molar-refractivity contribution in [2.24, 2.45) is 5.92 Å². The summed E-state index contributed by atoms with van der Waals surface area (Å²) < 4.78 is 0. The average Bonchev–Trinajstić information content (AvgIpc) is 2.44. The molecular formula is C16H26N2O2. The number of hydrogen-bond acceptors (Lipinski definition) is 2. The molecule has 112 valence electrons. The van der Waals surface area contributed by atoms with Gasteiger partial charge in [0.15, 0.2) is 0 Å². The summed E-state index contributed by atoms with van der Waals surface area (Å²) in [6.07, 6.45) is 2.38. The first-order valence-corrected chi connectivity index (χ1v) is 7.33. The summed E-state index contributed by atoms with van der Waals surface area (Å²) in [7, 11) is 0. The maximum absolute atomic E-state index is 11.9. The van der Waals surface area contributed by atoms with Gasteiger partial charge in [0, 0.05) is 13.2 Å². The smallest absolute Gasteiger partial charge is 0.315 e. The molecule has 4 heteroatoms. The number of nitrogens with one attached hydrogen (secondary N) is 2. The van der Waals surface area contributed by atoms with Gasteiger partial charge in [-0.05, 0) is 30.7 Å². The molecule has 0 aromatic heterocycles. The molecule has 0 saturated carbocycles. The lowest BCUT2D eigenvalue weighted by Gasteiger charge is -2.19. The Bertz CT molecular complexity index is 379. The Morgan fingerprint density at radius 3 is 2.50 bits per heavy atom. The van der Waals surface area contributed by atoms with Gasteiger partial charge in [-0.15, -0.1) is 0 Å². The minimum Gasteiger partial charge on any atom is -0.396 e. The van der Waals surface area contributed by atoms with E-state index >= 15 is 0 Å². The van der Waals surface area contributed by atoms with Crippen molar-refractivity contribution in [1.29, 1.82) is 0 Å². The van der Waals surface area contributed by atoms with E-state index in [-0.39, 0.29) is 18.7 Å². The summed E-state index contributed by atoms with van der Waals surface area (Å²) in [5.74, 6) is 0.578. The van der Waals surface area contributed by atoms with Gasteiger partial charge in [0.25, 0.3) is 0 Å². The molecule has 0 bridgehead atoms. The van der Waals surface area contributed by atoms with Gasteiger partial charge in [-0.2, -0.15) is 0 Å². The van der Waals surface area contributed by atoms with Crippen molar-refractivity contribution in [3.05, 3.63) is 35.9 Å². The highest BCUT2D eigenvalue weighted by Gasteiger charge is 2.13. The van der Waals surface area contributed by atoms with Crippen molar-refractivity contribution < 1.29 is 9.90 Å². The number of aliphatic hydroxyl groups is 1. The maximum Gasteiger partial charge on any atom is 0.315 e. The first-order valence-electron chi connectivity index (χ1n) is 7.33. The van der Waals surface area contributed by atoms with Crippen LogP contribution in [0.15, 0.2) is 30.3 Å². The predicted octanol–water partition coefficient (Wildman–Crippen LogP) is 2.85. The van der Waals surface area contributed by atoms with E-state index in [2.05, 4.69) is 24.5 Å². The predicted molar refractivity (Wildman–Crippen MR) is 81.5 cm³/mol. The van der Waals surface area contributed by atoms with Gasteiger partial charge < -0.3 is 15.7 Å². The molecule has 0 aliphatic rings. The molecular weight excluding hydrogens is 252 g/mol. The molecule has 0 fully saturated rings.